The summed E-state index contributed by atoms with van der Waals surface area (Å²) in [5.74, 6) is -0.403. The second-order valence-electron chi connectivity index (χ2n) is 7.32. The molecule has 0 spiro atoms. The first kappa shape index (κ1) is 20.8. The summed E-state index contributed by atoms with van der Waals surface area (Å²) >= 11 is 0. The Hall–Kier alpha value is -2.90. The molecule has 2 amide bonds. The highest BCUT2D eigenvalue weighted by molar-refractivity contribution is 6.04. The lowest BCUT2D eigenvalue weighted by atomic mass is 9.97. The molecule has 7 nitrogen and oxygen atoms in total. The van der Waals surface area contributed by atoms with E-state index in [2.05, 4.69) is 15.3 Å². The van der Waals surface area contributed by atoms with Crippen LogP contribution in [0, 0.1) is 5.92 Å². The Morgan fingerprint density at radius 3 is 2.62 bits per heavy atom. The number of nitrogens with zero attached hydrogens (tertiary/aromatic N) is 3. The summed E-state index contributed by atoms with van der Waals surface area (Å²) in [7, 11) is 2.05. The first-order valence-corrected chi connectivity index (χ1v) is 9.39. The number of piperidine rings is 1. The summed E-state index contributed by atoms with van der Waals surface area (Å²) in [6.45, 7) is 1.85. The first-order chi connectivity index (χ1) is 13.5. The zero-order valence-corrected chi connectivity index (χ0v) is 17.0. The van der Waals surface area contributed by atoms with Gasteiger partial charge in [-0.2, -0.15) is 5.10 Å². The summed E-state index contributed by atoms with van der Waals surface area (Å²) < 4.78 is 1.71. The molecule has 1 aliphatic heterocycles. The van der Waals surface area contributed by atoms with Crippen molar-refractivity contribution in [3.05, 3.63) is 54.2 Å². The van der Waals surface area contributed by atoms with E-state index in [9.17, 15) is 9.59 Å². The largest absolute Gasteiger partial charge is 0.366 e. The fraction of sp³-hybridized carbons (Fsp3) is 0.286. The van der Waals surface area contributed by atoms with E-state index in [-0.39, 0.29) is 24.2 Å². The molecule has 1 saturated heterocycles. The molecule has 29 heavy (non-hydrogen) atoms. The van der Waals surface area contributed by atoms with Crippen LogP contribution < -0.4 is 11.1 Å². The third-order valence-corrected chi connectivity index (χ3v) is 5.20. The minimum Gasteiger partial charge on any atom is -0.366 e. The Balaban J connectivity index is 0.00000240. The van der Waals surface area contributed by atoms with Crippen molar-refractivity contribution in [1.82, 2.24) is 14.7 Å². The number of carbonyl (C=O) groups is 2. The van der Waals surface area contributed by atoms with Gasteiger partial charge in [0.1, 0.15) is 5.52 Å². The van der Waals surface area contributed by atoms with Crippen LogP contribution in [0.3, 0.4) is 0 Å². The zero-order chi connectivity index (χ0) is 19.7. The lowest BCUT2D eigenvalue weighted by molar-refractivity contribution is -0.121. The number of primary amides is 1. The number of rotatable bonds is 4. The highest BCUT2D eigenvalue weighted by Gasteiger charge is 2.23. The highest BCUT2D eigenvalue weighted by atomic mass is 35.5. The van der Waals surface area contributed by atoms with E-state index >= 15 is 0 Å². The maximum atomic E-state index is 12.5. The molecule has 0 radical (unpaired) electrons. The number of likely N-dealkylation sites (tertiary alicyclic amines) is 1. The molecule has 3 N–H and O–H groups in total. The number of fused-ring (bicyclic) bond motifs is 1. The number of benzene rings is 2. The van der Waals surface area contributed by atoms with Crippen molar-refractivity contribution < 1.29 is 9.59 Å². The van der Waals surface area contributed by atoms with Crippen molar-refractivity contribution in [2.45, 2.75) is 12.8 Å². The quantitative estimate of drug-likeness (QED) is 0.687. The van der Waals surface area contributed by atoms with Crippen LogP contribution in [0.4, 0.5) is 5.69 Å². The van der Waals surface area contributed by atoms with Gasteiger partial charge in [-0.1, -0.05) is 12.1 Å². The molecule has 2 aromatic carbocycles. The Labute approximate surface area is 175 Å². The molecule has 1 aromatic heterocycles. The molecule has 0 unspecified atom stereocenters. The standard InChI is InChI=1S/C21H23N5O2.ClH/c1-25-11-3-5-15(12-25)21(28)23-16-7-9-17(10-8-16)26-13-14-4-2-6-18(20(22)27)19(14)24-26;/h2,4,6-10,13,15H,3,5,11-12H2,1H3,(H2,22,27)(H,23,28);1H/t15-;/m1./s1. The van der Waals surface area contributed by atoms with Gasteiger partial charge in [0.15, 0.2) is 0 Å². The maximum absolute atomic E-state index is 12.5. The third kappa shape index (κ3) is 4.41. The molecule has 2 heterocycles. The number of amides is 2. The molecular weight excluding hydrogens is 390 g/mol. The minimum atomic E-state index is -0.498. The van der Waals surface area contributed by atoms with E-state index in [1.54, 1.807) is 16.8 Å². The highest BCUT2D eigenvalue weighted by Crippen LogP contribution is 2.21. The van der Waals surface area contributed by atoms with Gasteiger partial charge < -0.3 is 16.0 Å². The van der Waals surface area contributed by atoms with Gasteiger partial charge in [0, 0.05) is 23.8 Å². The second-order valence-corrected chi connectivity index (χ2v) is 7.32. The van der Waals surface area contributed by atoms with Crippen molar-refractivity contribution in [2.75, 3.05) is 25.5 Å². The minimum absolute atomic E-state index is 0. The number of carbonyl (C=O) groups excluding carboxylic acids is 2. The summed E-state index contributed by atoms with van der Waals surface area (Å²) in [6.07, 6.45) is 3.83. The molecule has 0 bridgehead atoms. The predicted octanol–water partition coefficient (Wildman–Crippen LogP) is 2.83. The molecule has 8 heteroatoms. The molecule has 1 fully saturated rings. The molecular formula is C21H24ClN5O2. The lowest BCUT2D eigenvalue weighted by Gasteiger charge is -2.28. The van der Waals surface area contributed by atoms with Crippen molar-refractivity contribution in [1.29, 1.82) is 0 Å². The third-order valence-electron chi connectivity index (χ3n) is 5.20. The molecule has 4 rings (SSSR count). The fourth-order valence-corrected chi connectivity index (χ4v) is 3.70. The van der Waals surface area contributed by atoms with Crippen molar-refractivity contribution >= 4 is 40.8 Å². The van der Waals surface area contributed by atoms with E-state index < -0.39 is 5.91 Å². The van der Waals surface area contributed by atoms with Crippen LogP contribution in [0.15, 0.2) is 48.7 Å². The van der Waals surface area contributed by atoms with Gasteiger partial charge in [0.2, 0.25) is 5.91 Å². The molecule has 1 aliphatic rings. The van der Waals surface area contributed by atoms with Crippen LogP contribution in [-0.2, 0) is 4.79 Å². The number of halogens is 1. The molecule has 152 valence electrons. The summed E-state index contributed by atoms with van der Waals surface area (Å²) in [5, 5.41) is 8.35. The number of hydrogen-bond donors (Lipinski definition) is 2. The van der Waals surface area contributed by atoms with Gasteiger partial charge in [-0.15, -0.1) is 12.4 Å². The molecule has 0 aliphatic carbocycles. The van der Waals surface area contributed by atoms with Gasteiger partial charge in [0.05, 0.1) is 17.2 Å². The van der Waals surface area contributed by atoms with E-state index in [0.29, 0.717) is 11.1 Å². The lowest BCUT2D eigenvalue weighted by Crippen LogP contribution is -2.38. The van der Waals surface area contributed by atoms with Gasteiger partial charge >= 0.3 is 0 Å². The number of anilines is 1. The zero-order valence-electron chi connectivity index (χ0n) is 16.2. The Morgan fingerprint density at radius 2 is 1.93 bits per heavy atom. The van der Waals surface area contributed by atoms with E-state index in [4.69, 9.17) is 5.73 Å². The predicted molar refractivity (Wildman–Crippen MR) is 116 cm³/mol. The number of aromatic nitrogens is 2. The Kier molecular flexibility index (Phi) is 6.20. The van der Waals surface area contributed by atoms with Gasteiger partial charge in [0.25, 0.3) is 5.91 Å². The van der Waals surface area contributed by atoms with Crippen LogP contribution in [0.1, 0.15) is 23.2 Å². The second kappa shape index (κ2) is 8.63. The van der Waals surface area contributed by atoms with Crippen LogP contribution in [0.25, 0.3) is 16.6 Å². The van der Waals surface area contributed by atoms with Crippen LogP contribution in [0.2, 0.25) is 0 Å². The van der Waals surface area contributed by atoms with Crippen molar-refractivity contribution in [3.63, 3.8) is 0 Å². The number of nitrogens with one attached hydrogen (secondary N) is 1. The van der Waals surface area contributed by atoms with Gasteiger partial charge in [-0.05, 0) is 56.8 Å². The molecule has 1 atom stereocenters. The summed E-state index contributed by atoms with van der Waals surface area (Å²) in [4.78, 5) is 26.3. The van der Waals surface area contributed by atoms with E-state index in [1.807, 2.05) is 43.6 Å². The average Bonchev–Trinajstić information content (AvgIpc) is 3.12. The normalized spacial score (nSPS) is 16.9. The molecule has 3 aromatic rings. The Morgan fingerprint density at radius 1 is 1.17 bits per heavy atom. The average molecular weight is 414 g/mol. The number of hydrogen-bond acceptors (Lipinski definition) is 4. The topological polar surface area (TPSA) is 93.3 Å². The Bertz CT molecular complexity index is 1030. The van der Waals surface area contributed by atoms with Crippen LogP contribution >= 0.6 is 12.4 Å². The summed E-state index contributed by atoms with van der Waals surface area (Å²) in [6, 6.07) is 12.8. The van der Waals surface area contributed by atoms with Crippen LogP contribution in [0.5, 0.6) is 0 Å². The number of nitrogens with two attached hydrogens (primary N) is 1. The van der Waals surface area contributed by atoms with Crippen LogP contribution in [-0.4, -0.2) is 46.6 Å². The van der Waals surface area contributed by atoms with Crippen molar-refractivity contribution in [2.24, 2.45) is 11.7 Å². The monoisotopic (exact) mass is 413 g/mol. The molecule has 0 saturated carbocycles. The SMILES string of the molecule is CN1CCC[C@@H](C(=O)Nc2ccc(-n3cc4cccc(C(N)=O)c4n3)cc2)C1.Cl. The van der Waals surface area contributed by atoms with E-state index in [1.165, 1.54) is 0 Å². The smallest absolute Gasteiger partial charge is 0.250 e. The van der Waals surface area contributed by atoms with E-state index in [0.717, 1.165) is 42.7 Å². The van der Waals surface area contributed by atoms with Gasteiger partial charge in [-0.25, -0.2) is 4.68 Å². The fourth-order valence-electron chi connectivity index (χ4n) is 3.70. The van der Waals surface area contributed by atoms with Crippen molar-refractivity contribution in [3.8, 4) is 5.69 Å². The first-order valence-electron chi connectivity index (χ1n) is 9.39. The summed E-state index contributed by atoms with van der Waals surface area (Å²) in [5.41, 5.74) is 8.01. The van der Waals surface area contributed by atoms with Gasteiger partial charge in [-0.3, -0.25) is 9.59 Å². The maximum Gasteiger partial charge on any atom is 0.250 e.